The number of nitrogens with two attached hydrogens (primary N) is 1. The normalized spacial score (nSPS) is 13.3. The summed E-state index contributed by atoms with van der Waals surface area (Å²) in [6.07, 6.45) is 1.13. The molecule has 108 valence electrons. The standard InChI is InChI=1S/C14H23BrClN3/c1-18(2)7-4-8-19(3)14(10-17)12-6-5-11(16)9-13(12)15/h5-6,9,14H,4,7-8,10,17H2,1-3H3. The summed E-state index contributed by atoms with van der Waals surface area (Å²) in [6, 6.07) is 6.10. The molecule has 1 rings (SSSR count). The van der Waals surface area contributed by atoms with Gasteiger partial charge < -0.3 is 10.6 Å². The van der Waals surface area contributed by atoms with Crippen LogP contribution in [0.1, 0.15) is 18.0 Å². The lowest BCUT2D eigenvalue weighted by atomic mass is 10.1. The van der Waals surface area contributed by atoms with E-state index in [1.165, 1.54) is 5.56 Å². The Bertz CT molecular complexity index is 398. The third kappa shape index (κ3) is 5.40. The van der Waals surface area contributed by atoms with Crippen molar-refractivity contribution in [2.75, 3.05) is 40.8 Å². The van der Waals surface area contributed by atoms with Crippen LogP contribution in [0.3, 0.4) is 0 Å². The van der Waals surface area contributed by atoms with Crippen LogP contribution in [0.4, 0.5) is 0 Å². The van der Waals surface area contributed by atoms with E-state index in [1.807, 2.05) is 18.2 Å². The molecule has 2 N–H and O–H groups in total. The number of likely N-dealkylation sites (N-methyl/N-ethyl adjacent to an activating group) is 1. The molecule has 0 spiro atoms. The highest BCUT2D eigenvalue weighted by Gasteiger charge is 2.17. The first kappa shape index (κ1) is 16.9. The molecule has 0 saturated heterocycles. The number of nitrogens with zero attached hydrogens (tertiary/aromatic N) is 2. The lowest BCUT2D eigenvalue weighted by Crippen LogP contribution is -2.32. The largest absolute Gasteiger partial charge is 0.329 e. The molecule has 0 bridgehead atoms. The quantitative estimate of drug-likeness (QED) is 0.822. The summed E-state index contributed by atoms with van der Waals surface area (Å²) in [7, 11) is 6.31. The minimum absolute atomic E-state index is 0.216. The lowest BCUT2D eigenvalue weighted by molar-refractivity contribution is 0.234. The van der Waals surface area contributed by atoms with E-state index >= 15 is 0 Å². The van der Waals surface area contributed by atoms with Gasteiger partial charge in [0, 0.05) is 22.1 Å². The van der Waals surface area contributed by atoms with Crippen LogP contribution >= 0.6 is 27.5 Å². The first-order chi connectivity index (χ1) is 8.95. The van der Waals surface area contributed by atoms with Crippen molar-refractivity contribution in [3.8, 4) is 0 Å². The van der Waals surface area contributed by atoms with Crippen molar-refractivity contribution in [2.45, 2.75) is 12.5 Å². The summed E-state index contributed by atoms with van der Waals surface area (Å²) >= 11 is 9.56. The lowest BCUT2D eigenvalue weighted by Gasteiger charge is -2.28. The summed E-state index contributed by atoms with van der Waals surface area (Å²) in [6.45, 7) is 2.71. The zero-order valence-electron chi connectivity index (χ0n) is 11.9. The van der Waals surface area contributed by atoms with Crippen LogP contribution in [0.5, 0.6) is 0 Å². The number of hydrogen-bond donors (Lipinski definition) is 1. The van der Waals surface area contributed by atoms with Crippen molar-refractivity contribution >= 4 is 27.5 Å². The molecule has 0 heterocycles. The maximum absolute atomic E-state index is 5.98. The molecule has 0 amide bonds. The first-order valence-corrected chi connectivity index (χ1v) is 7.62. The summed E-state index contributed by atoms with van der Waals surface area (Å²) < 4.78 is 1.02. The summed E-state index contributed by atoms with van der Waals surface area (Å²) in [4.78, 5) is 4.50. The monoisotopic (exact) mass is 347 g/mol. The molecule has 1 atom stereocenters. The molecule has 0 fully saturated rings. The number of rotatable bonds is 7. The summed E-state index contributed by atoms with van der Waals surface area (Å²) in [5.74, 6) is 0. The van der Waals surface area contributed by atoms with Gasteiger partial charge in [0.15, 0.2) is 0 Å². The molecule has 0 aromatic heterocycles. The van der Waals surface area contributed by atoms with E-state index in [0.29, 0.717) is 6.54 Å². The molecule has 0 aliphatic carbocycles. The molecule has 0 aliphatic heterocycles. The SMILES string of the molecule is CN(C)CCCN(C)C(CN)c1ccc(Cl)cc1Br. The topological polar surface area (TPSA) is 32.5 Å². The predicted molar refractivity (Wildman–Crippen MR) is 86.7 cm³/mol. The van der Waals surface area contributed by atoms with Gasteiger partial charge in [-0.25, -0.2) is 0 Å². The molecule has 5 heteroatoms. The number of benzene rings is 1. The fourth-order valence-corrected chi connectivity index (χ4v) is 3.06. The second kappa shape index (κ2) is 8.22. The van der Waals surface area contributed by atoms with Crippen LogP contribution in [0, 0.1) is 0 Å². The Kier molecular flexibility index (Phi) is 7.32. The van der Waals surface area contributed by atoms with E-state index in [2.05, 4.69) is 46.9 Å². The molecule has 0 saturated carbocycles. The second-order valence-electron chi connectivity index (χ2n) is 5.05. The fraction of sp³-hybridized carbons (Fsp3) is 0.571. The Balaban J connectivity index is 2.70. The maximum Gasteiger partial charge on any atom is 0.0478 e. The van der Waals surface area contributed by atoms with Gasteiger partial charge in [-0.3, -0.25) is 4.90 Å². The molecule has 19 heavy (non-hydrogen) atoms. The van der Waals surface area contributed by atoms with Gasteiger partial charge in [0.05, 0.1) is 0 Å². The van der Waals surface area contributed by atoms with Crippen molar-refractivity contribution < 1.29 is 0 Å². The zero-order valence-corrected chi connectivity index (χ0v) is 14.2. The van der Waals surface area contributed by atoms with Gasteiger partial charge >= 0.3 is 0 Å². The van der Waals surface area contributed by atoms with Gasteiger partial charge in [-0.15, -0.1) is 0 Å². The Morgan fingerprint density at radius 3 is 2.47 bits per heavy atom. The summed E-state index contributed by atoms with van der Waals surface area (Å²) in [5, 5.41) is 0.738. The minimum atomic E-state index is 0.216. The average Bonchev–Trinajstić information content (AvgIpc) is 2.32. The summed E-state index contributed by atoms with van der Waals surface area (Å²) in [5.41, 5.74) is 7.13. The third-order valence-corrected chi connectivity index (χ3v) is 4.11. The average molecular weight is 349 g/mol. The molecule has 0 aliphatic rings. The van der Waals surface area contributed by atoms with Crippen LogP contribution in [-0.2, 0) is 0 Å². The fourth-order valence-electron chi connectivity index (χ4n) is 2.11. The van der Waals surface area contributed by atoms with Crippen LogP contribution in [0.2, 0.25) is 5.02 Å². The van der Waals surface area contributed by atoms with Gasteiger partial charge in [-0.1, -0.05) is 33.6 Å². The first-order valence-electron chi connectivity index (χ1n) is 6.45. The van der Waals surface area contributed by atoms with Crippen LogP contribution in [0.25, 0.3) is 0 Å². The Hall–Kier alpha value is -0.130. The van der Waals surface area contributed by atoms with Gasteiger partial charge in [-0.2, -0.15) is 0 Å². The molecule has 1 aromatic rings. The number of hydrogen-bond acceptors (Lipinski definition) is 3. The molecule has 3 nitrogen and oxygen atoms in total. The predicted octanol–water partition coefficient (Wildman–Crippen LogP) is 2.99. The van der Waals surface area contributed by atoms with E-state index in [0.717, 1.165) is 29.0 Å². The van der Waals surface area contributed by atoms with Gasteiger partial charge in [0.25, 0.3) is 0 Å². The van der Waals surface area contributed by atoms with Crippen molar-refractivity contribution in [2.24, 2.45) is 5.73 Å². The Morgan fingerprint density at radius 2 is 1.95 bits per heavy atom. The van der Waals surface area contributed by atoms with Crippen LogP contribution < -0.4 is 5.73 Å². The van der Waals surface area contributed by atoms with Gasteiger partial charge in [0.2, 0.25) is 0 Å². The zero-order chi connectivity index (χ0) is 14.4. The molecule has 1 unspecified atom stereocenters. The minimum Gasteiger partial charge on any atom is -0.329 e. The van der Waals surface area contributed by atoms with E-state index in [4.69, 9.17) is 17.3 Å². The van der Waals surface area contributed by atoms with Crippen LogP contribution in [-0.4, -0.2) is 50.6 Å². The highest BCUT2D eigenvalue weighted by Crippen LogP contribution is 2.29. The molecular weight excluding hydrogens is 326 g/mol. The van der Waals surface area contributed by atoms with Crippen molar-refractivity contribution in [3.05, 3.63) is 33.3 Å². The highest BCUT2D eigenvalue weighted by molar-refractivity contribution is 9.10. The molecule has 1 aromatic carbocycles. The van der Waals surface area contributed by atoms with Gasteiger partial charge in [-0.05, 0) is 58.3 Å². The Labute approximate surface area is 129 Å². The van der Waals surface area contributed by atoms with Crippen LogP contribution in [0.15, 0.2) is 22.7 Å². The second-order valence-corrected chi connectivity index (χ2v) is 6.35. The van der Waals surface area contributed by atoms with E-state index in [-0.39, 0.29) is 6.04 Å². The van der Waals surface area contributed by atoms with E-state index < -0.39 is 0 Å². The molecule has 0 radical (unpaired) electrons. The smallest absolute Gasteiger partial charge is 0.0478 e. The number of halogens is 2. The highest BCUT2D eigenvalue weighted by atomic mass is 79.9. The Morgan fingerprint density at radius 1 is 1.26 bits per heavy atom. The van der Waals surface area contributed by atoms with Crippen molar-refractivity contribution in [1.82, 2.24) is 9.80 Å². The van der Waals surface area contributed by atoms with E-state index in [9.17, 15) is 0 Å². The van der Waals surface area contributed by atoms with E-state index in [1.54, 1.807) is 0 Å². The van der Waals surface area contributed by atoms with Crippen molar-refractivity contribution in [1.29, 1.82) is 0 Å². The molecular formula is C14H23BrClN3. The van der Waals surface area contributed by atoms with Gasteiger partial charge in [0.1, 0.15) is 0 Å². The third-order valence-electron chi connectivity index (χ3n) is 3.19. The van der Waals surface area contributed by atoms with Crippen molar-refractivity contribution in [3.63, 3.8) is 0 Å². The maximum atomic E-state index is 5.98.